The van der Waals surface area contributed by atoms with Gasteiger partial charge in [0.25, 0.3) is 0 Å². The number of amides is 3. The first-order valence-corrected chi connectivity index (χ1v) is 11.0. The van der Waals surface area contributed by atoms with E-state index >= 15 is 0 Å². The first-order chi connectivity index (χ1) is 14.0. The average Bonchev–Trinajstić information content (AvgIpc) is 3.21. The van der Waals surface area contributed by atoms with Crippen molar-refractivity contribution in [2.24, 2.45) is 5.92 Å². The zero-order valence-electron chi connectivity index (χ0n) is 17.8. The van der Waals surface area contributed by atoms with Gasteiger partial charge in [0.1, 0.15) is 5.75 Å². The van der Waals surface area contributed by atoms with Gasteiger partial charge >= 0.3 is 6.03 Å². The van der Waals surface area contributed by atoms with E-state index in [9.17, 15) is 9.59 Å². The monoisotopic (exact) mass is 401 g/mol. The molecule has 0 bridgehead atoms. The molecule has 0 aromatic heterocycles. The van der Waals surface area contributed by atoms with Gasteiger partial charge in [-0.1, -0.05) is 25.0 Å². The number of nitrogens with zero attached hydrogens (tertiary/aromatic N) is 1. The number of carbonyl (C=O) groups excluding carboxylic acids is 2. The van der Waals surface area contributed by atoms with Crippen LogP contribution in [0.2, 0.25) is 0 Å². The summed E-state index contributed by atoms with van der Waals surface area (Å²) in [7, 11) is 1.66. The van der Waals surface area contributed by atoms with Gasteiger partial charge in [0.2, 0.25) is 5.91 Å². The highest BCUT2D eigenvalue weighted by Gasteiger charge is 2.26. The molecule has 160 valence electrons. The summed E-state index contributed by atoms with van der Waals surface area (Å²) in [6.45, 7) is 3.39. The number of rotatable bonds is 7. The maximum Gasteiger partial charge on any atom is 0.317 e. The van der Waals surface area contributed by atoms with Gasteiger partial charge in [-0.2, -0.15) is 0 Å². The number of methoxy groups -OCH3 is 1. The van der Waals surface area contributed by atoms with Gasteiger partial charge in [0.15, 0.2) is 0 Å². The number of benzene rings is 1. The minimum Gasteiger partial charge on any atom is -0.497 e. The molecule has 1 saturated heterocycles. The third-order valence-corrected chi connectivity index (χ3v) is 6.14. The first kappa shape index (κ1) is 21.5. The Labute approximate surface area is 174 Å². The summed E-state index contributed by atoms with van der Waals surface area (Å²) in [6.07, 6.45) is 8.00. The third-order valence-electron chi connectivity index (χ3n) is 6.14. The number of hydrogen-bond acceptors (Lipinski definition) is 3. The molecule has 1 atom stereocenters. The van der Waals surface area contributed by atoms with Crippen LogP contribution in [0.4, 0.5) is 4.79 Å². The van der Waals surface area contributed by atoms with Crippen molar-refractivity contribution in [1.29, 1.82) is 0 Å². The molecule has 6 nitrogen and oxygen atoms in total. The second-order valence-electron chi connectivity index (χ2n) is 8.59. The molecule has 1 aliphatic carbocycles. The highest BCUT2D eigenvalue weighted by atomic mass is 16.5. The molecule has 2 fully saturated rings. The average molecular weight is 402 g/mol. The summed E-state index contributed by atoms with van der Waals surface area (Å²) < 4.78 is 5.26. The Morgan fingerprint density at radius 1 is 1.17 bits per heavy atom. The van der Waals surface area contributed by atoms with Crippen molar-refractivity contribution in [3.05, 3.63) is 29.8 Å². The van der Waals surface area contributed by atoms with E-state index in [1.807, 2.05) is 36.1 Å². The van der Waals surface area contributed by atoms with E-state index < -0.39 is 0 Å². The number of urea groups is 1. The number of piperidine rings is 1. The summed E-state index contributed by atoms with van der Waals surface area (Å²) in [6, 6.07) is 8.15. The summed E-state index contributed by atoms with van der Waals surface area (Å²) in [4.78, 5) is 26.7. The van der Waals surface area contributed by atoms with Crippen LogP contribution in [0.25, 0.3) is 0 Å². The van der Waals surface area contributed by atoms with Crippen molar-refractivity contribution in [2.75, 3.05) is 20.2 Å². The quantitative estimate of drug-likeness (QED) is 0.735. The smallest absolute Gasteiger partial charge is 0.317 e. The normalized spacial score (nSPS) is 19.0. The Balaban J connectivity index is 1.37. The molecule has 1 aliphatic heterocycles. The van der Waals surface area contributed by atoms with E-state index in [1.54, 1.807) is 7.11 Å². The summed E-state index contributed by atoms with van der Waals surface area (Å²) in [5, 5.41) is 6.28. The van der Waals surface area contributed by atoms with Crippen LogP contribution in [0.15, 0.2) is 24.3 Å². The van der Waals surface area contributed by atoms with Gasteiger partial charge in [-0.05, 0) is 62.6 Å². The number of ether oxygens (including phenoxy) is 1. The van der Waals surface area contributed by atoms with Crippen LogP contribution in [-0.4, -0.2) is 49.1 Å². The standard InChI is InChI=1S/C23H35N3O3/c1-17(14-19-8-5-9-21(15-19)29-2)24-23(28)26-12-10-20(11-13-26)25-22(27)16-18-6-3-4-7-18/h5,8-9,15,17-18,20H,3-4,6-7,10-14,16H2,1-2H3,(H,24,28)(H,25,27). The summed E-state index contributed by atoms with van der Waals surface area (Å²) in [5.74, 6) is 1.59. The summed E-state index contributed by atoms with van der Waals surface area (Å²) in [5.41, 5.74) is 1.14. The van der Waals surface area contributed by atoms with Crippen LogP contribution in [0.1, 0.15) is 57.4 Å². The molecule has 3 rings (SSSR count). The Bertz CT molecular complexity index is 680. The van der Waals surface area contributed by atoms with Crippen LogP contribution >= 0.6 is 0 Å². The molecule has 1 unspecified atom stereocenters. The predicted octanol–water partition coefficient (Wildman–Crippen LogP) is 3.50. The van der Waals surface area contributed by atoms with E-state index in [0.717, 1.165) is 30.6 Å². The molecule has 3 amide bonds. The SMILES string of the molecule is COc1cccc(CC(C)NC(=O)N2CCC(NC(=O)CC3CCCC3)CC2)c1. The second-order valence-corrected chi connectivity index (χ2v) is 8.59. The van der Waals surface area contributed by atoms with Gasteiger partial charge in [-0.15, -0.1) is 0 Å². The van der Waals surface area contributed by atoms with Crippen LogP contribution in [0.3, 0.4) is 0 Å². The maximum absolute atomic E-state index is 12.6. The topological polar surface area (TPSA) is 70.7 Å². The molecular formula is C23H35N3O3. The molecule has 1 aromatic carbocycles. The lowest BCUT2D eigenvalue weighted by molar-refractivity contribution is -0.122. The predicted molar refractivity (Wildman–Crippen MR) is 114 cm³/mol. The Morgan fingerprint density at radius 3 is 2.59 bits per heavy atom. The van der Waals surface area contributed by atoms with Crippen molar-refractivity contribution in [3.63, 3.8) is 0 Å². The lowest BCUT2D eigenvalue weighted by atomic mass is 10.0. The van der Waals surface area contributed by atoms with E-state index in [2.05, 4.69) is 10.6 Å². The molecule has 2 N–H and O–H groups in total. The molecule has 0 spiro atoms. The van der Waals surface area contributed by atoms with Crippen LogP contribution < -0.4 is 15.4 Å². The number of likely N-dealkylation sites (tertiary alicyclic amines) is 1. The van der Waals surface area contributed by atoms with Crippen molar-refractivity contribution in [1.82, 2.24) is 15.5 Å². The van der Waals surface area contributed by atoms with E-state index in [1.165, 1.54) is 25.7 Å². The van der Waals surface area contributed by atoms with Gasteiger partial charge in [0, 0.05) is 31.6 Å². The van der Waals surface area contributed by atoms with E-state index in [-0.39, 0.29) is 24.0 Å². The highest BCUT2D eigenvalue weighted by Crippen LogP contribution is 2.27. The fourth-order valence-electron chi connectivity index (χ4n) is 4.50. The number of hydrogen-bond donors (Lipinski definition) is 2. The molecule has 1 heterocycles. The van der Waals surface area contributed by atoms with Crippen molar-refractivity contribution in [2.45, 2.75) is 70.4 Å². The van der Waals surface area contributed by atoms with E-state index in [0.29, 0.717) is 25.4 Å². The summed E-state index contributed by atoms with van der Waals surface area (Å²) >= 11 is 0. The lowest BCUT2D eigenvalue weighted by Gasteiger charge is -2.33. The number of nitrogens with one attached hydrogen (secondary N) is 2. The largest absolute Gasteiger partial charge is 0.497 e. The molecule has 29 heavy (non-hydrogen) atoms. The third kappa shape index (κ3) is 6.65. The van der Waals surface area contributed by atoms with Gasteiger partial charge in [-0.25, -0.2) is 4.79 Å². The van der Waals surface area contributed by atoms with Gasteiger partial charge < -0.3 is 20.3 Å². The van der Waals surface area contributed by atoms with Crippen molar-refractivity contribution in [3.8, 4) is 5.75 Å². The second kappa shape index (κ2) is 10.5. The molecule has 0 radical (unpaired) electrons. The van der Waals surface area contributed by atoms with Crippen LogP contribution in [0, 0.1) is 5.92 Å². The van der Waals surface area contributed by atoms with Gasteiger partial charge in [-0.3, -0.25) is 4.79 Å². The Hall–Kier alpha value is -2.24. The minimum atomic E-state index is -0.0175. The maximum atomic E-state index is 12.6. The van der Waals surface area contributed by atoms with Crippen molar-refractivity contribution < 1.29 is 14.3 Å². The molecular weight excluding hydrogens is 366 g/mol. The zero-order chi connectivity index (χ0) is 20.6. The van der Waals surface area contributed by atoms with Crippen molar-refractivity contribution >= 4 is 11.9 Å². The molecule has 2 aliphatic rings. The minimum absolute atomic E-state index is 0.0175. The molecule has 6 heteroatoms. The Morgan fingerprint density at radius 2 is 1.90 bits per heavy atom. The van der Waals surface area contributed by atoms with Crippen LogP contribution in [0.5, 0.6) is 5.75 Å². The number of carbonyl (C=O) groups is 2. The first-order valence-electron chi connectivity index (χ1n) is 11.0. The molecule has 1 saturated carbocycles. The molecule has 1 aromatic rings. The fraction of sp³-hybridized carbons (Fsp3) is 0.652. The van der Waals surface area contributed by atoms with Crippen LogP contribution in [-0.2, 0) is 11.2 Å². The highest BCUT2D eigenvalue weighted by molar-refractivity contribution is 5.77. The lowest BCUT2D eigenvalue weighted by Crippen LogP contribution is -2.51. The Kier molecular flexibility index (Phi) is 7.78. The zero-order valence-corrected chi connectivity index (χ0v) is 17.8. The fourth-order valence-corrected chi connectivity index (χ4v) is 4.50. The van der Waals surface area contributed by atoms with E-state index in [4.69, 9.17) is 4.74 Å². The van der Waals surface area contributed by atoms with Gasteiger partial charge in [0.05, 0.1) is 7.11 Å².